The maximum atomic E-state index is 13.5. The second-order valence-electron chi connectivity index (χ2n) is 7.85. The largest absolute Gasteiger partial charge is 0.497 e. The summed E-state index contributed by atoms with van der Waals surface area (Å²) in [6, 6.07) is 15.0. The van der Waals surface area contributed by atoms with Gasteiger partial charge >= 0.3 is 0 Å². The van der Waals surface area contributed by atoms with Crippen molar-refractivity contribution < 1.29 is 13.2 Å². The average molecular weight is 414 g/mol. The molecule has 1 aliphatic rings. The molecule has 3 rings (SSSR count). The summed E-state index contributed by atoms with van der Waals surface area (Å²) in [5.41, 5.74) is 4.36. The predicted molar refractivity (Wildman–Crippen MR) is 117 cm³/mol. The topological polar surface area (TPSA) is 46.6 Å². The number of sulfonamides is 1. The molecule has 0 N–H and O–H groups in total. The molecule has 29 heavy (non-hydrogen) atoms. The summed E-state index contributed by atoms with van der Waals surface area (Å²) in [5, 5.41) is 0. The number of hydrogen-bond donors (Lipinski definition) is 0. The fourth-order valence-electron chi connectivity index (χ4n) is 3.89. The van der Waals surface area contributed by atoms with Gasteiger partial charge in [-0.25, -0.2) is 8.42 Å². The Morgan fingerprint density at radius 3 is 2.31 bits per heavy atom. The molecule has 0 spiro atoms. The lowest BCUT2D eigenvalue weighted by molar-refractivity contribution is 0.414. The summed E-state index contributed by atoms with van der Waals surface area (Å²) < 4.78 is 33.9. The van der Waals surface area contributed by atoms with Gasteiger partial charge < -0.3 is 4.74 Å². The highest BCUT2D eigenvalue weighted by Gasteiger charge is 2.36. The SMILES string of the molecule is CCCCC1=C(Cc2ccc(OC)cc2)N(S(=O)(=O)c2ccc(C)cc2)CC1C. The zero-order chi connectivity index (χ0) is 21.0. The second kappa shape index (κ2) is 9.04. The Bertz CT molecular complexity index is 960. The van der Waals surface area contributed by atoms with Crippen LogP contribution in [-0.2, 0) is 16.4 Å². The first-order chi connectivity index (χ1) is 13.9. The van der Waals surface area contributed by atoms with Gasteiger partial charge in [-0.3, -0.25) is 4.31 Å². The summed E-state index contributed by atoms with van der Waals surface area (Å²) in [7, 11) is -1.93. The minimum Gasteiger partial charge on any atom is -0.497 e. The second-order valence-corrected chi connectivity index (χ2v) is 9.71. The molecule has 0 saturated carbocycles. The molecule has 2 aromatic rings. The molecule has 0 fully saturated rings. The van der Waals surface area contributed by atoms with Crippen LogP contribution in [0.15, 0.2) is 64.7 Å². The molecule has 1 unspecified atom stereocenters. The van der Waals surface area contributed by atoms with Gasteiger partial charge in [0.15, 0.2) is 0 Å². The molecule has 0 aliphatic carbocycles. The van der Waals surface area contributed by atoms with Crippen LogP contribution in [0.5, 0.6) is 5.75 Å². The van der Waals surface area contributed by atoms with E-state index in [4.69, 9.17) is 4.74 Å². The van der Waals surface area contributed by atoms with Crippen molar-refractivity contribution in [2.45, 2.75) is 51.3 Å². The van der Waals surface area contributed by atoms with Crippen molar-refractivity contribution >= 4 is 10.0 Å². The van der Waals surface area contributed by atoms with Crippen LogP contribution in [0.4, 0.5) is 0 Å². The Morgan fingerprint density at radius 2 is 1.72 bits per heavy atom. The van der Waals surface area contributed by atoms with Gasteiger partial charge in [-0.15, -0.1) is 0 Å². The van der Waals surface area contributed by atoms with E-state index in [0.717, 1.165) is 41.8 Å². The summed E-state index contributed by atoms with van der Waals surface area (Å²) in [5.74, 6) is 1.04. The number of allylic oxidation sites excluding steroid dienone is 1. The molecule has 0 bridgehead atoms. The number of benzene rings is 2. The van der Waals surface area contributed by atoms with Crippen LogP contribution in [0, 0.1) is 12.8 Å². The molecule has 1 aliphatic heterocycles. The van der Waals surface area contributed by atoms with Crippen LogP contribution < -0.4 is 4.74 Å². The number of nitrogens with zero attached hydrogens (tertiary/aromatic N) is 1. The third kappa shape index (κ3) is 4.67. The number of aryl methyl sites for hydroxylation is 1. The summed E-state index contributed by atoms with van der Waals surface area (Å²) in [6.07, 6.45) is 3.72. The zero-order valence-corrected chi connectivity index (χ0v) is 18.6. The molecule has 156 valence electrons. The molecule has 0 radical (unpaired) electrons. The van der Waals surface area contributed by atoms with Gasteiger partial charge in [0.05, 0.1) is 12.0 Å². The van der Waals surface area contributed by atoms with Crippen molar-refractivity contribution in [3.05, 3.63) is 70.9 Å². The fraction of sp³-hybridized carbons (Fsp3) is 0.417. The number of unbranched alkanes of at least 4 members (excludes halogenated alkanes) is 1. The molecule has 5 heteroatoms. The average Bonchev–Trinajstić information content (AvgIpc) is 3.03. The molecule has 1 heterocycles. The first-order valence-corrected chi connectivity index (χ1v) is 11.7. The highest BCUT2D eigenvalue weighted by molar-refractivity contribution is 7.89. The van der Waals surface area contributed by atoms with E-state index in [2.05, 4.69) is 13.8 Å². The Kier molecular flexibility index (Phi) is 6.68. The number of hydrogen-bond acceptors (Lipinski definition) is 3. The van der Waals surface area contributed by atoms with Crippen LogP contribution in [0.2, 0.25) is 0 Å². The van der Waals surface area contributed by atoms with Crippen molar-refractivity contribution in [2.75, 3.05) is 13.7 Å². The van der Waals surface area contributed by atoms with Crippen molar-refractivity contribution in [2.24, 2.45) is 5.92 Å². The first kappa shape index (κ1) is 21.4. The fourth-order valence-corrected chi connectivity index (χ4v) is 5.52. The zero-order valence-electron chi connectivity index (χ0n) is 17.8. The van der Waals surface area contributed by atoms with Crippen LogP contribution in [0.3, 0.4) is 0 Å². The van der Waals surface area contributed by atoms with E-state index in [-0.39, 0.29) is 5.92 Å². The monoisotopic (exact) mass is 413 g/mol. The first-order valence-electron chi connectivity index (χ1n) is 10.3. The van der Waals surface area contributed by atoms with Crippen LogP contribution in [0.1, 0.15) is 44.2 Å². The lowest BCUT2D eigenvalue weighted by Crippen LogP contribution is -2.30. The number of ether oxygens (including phenoxy) is 1. The minimum atomic E-state index is -3.58. The quantitative estimate of drug-likeness (QED) is 0.587. The maximum Gasteiger partial charge on any atom is 0.264 e. The summed E-state index contributed by atoms with van der Waals surface area (Å²) in [4.78, 5) is 0.360. The molecule has 0 amide bonds. The molecule has 0 saturated heterocycles. The van der Waals surface area contributed by atoms with Crippen LogP contribution in [0.25, 0.3) is 0 Å². The molecule has 2 aromatic carbocycles. The van der Waals surface area contributed by atoms with Gasteiger partial charge in [-0.2, -0.15) is 0 Å². The van der Waals surface area contributed by atoms with Crippen molar-refractivity contribution in [1.82, 2.24) is 4.31 Å². The van der Waals surface area contributed by atoms with E-state index in [0.29, 0.717) is 17.9 Å². The Labute approximate surface area is 175 Å². The van der Waals surface area contributed by atoms with E-state index in [9.17, 15) is 8.42 Å². The van der Waals surface area contributed by atoms with Gasteiger partial charge in [0.1, 0.15) is 5.75 Å². The van der Waals surface area contributed by atoms with Crippen molar-refractivity contribution in [3.8, 4) is 5.75 Å². The van der Waals surface area contributed by atoms with Gasteiger partial charge in [-0.05, 0) is 61.1 Å². The Hall–Kier alpha value is -2.27. The smallest absolute Gasteiger partial charge is 0.264 e. The van der Waals surface area contributed by atoms with Crippen molar-refractivity contribution in [3.63, 3.8) is 0 Å². The molecular formula is C24H31NO3S. The summed E-state index contributed by atoms with van der Waals surface area (Å²) >= 11 is 0. The standard InChI is InChI=1S/C24H31NO3S/c1-5-6-7-23-19(3)17-25(29(26,27)22-14-8-18(2)9-15-22)24(23)16-20-10-12-21(28-4)13-11-20/h8-15,19H,5-7,16-17H2,1-4H3. The number of rotatable bonds is 8. The maximum absolute atomic E-state index is 13.5. The normalized spacial score (nSPS) is 17.1. The summed E-state index contributed by atoms with van der Waals surface area (Å²) in [6.45, 7) is 6.79. The van der Waals surface area contributed by atoms with E-state index >= 15 is 0 Å². The molecular weight excluding hydrogens is 382 g/mol. The van der Waals surface area contributed by atoms with E-state index in [1.807, 2.05) is 43.3 Å². The van der Waals surface area contributed by atoms with E-state index in [1.54, 1.807) is 23.5 Å². The third-order valence-corrected chi connectivity index (χ3v) is 7.46. The predicted octanol–water partition coefficient (Wildman–Crippen LogP) is 5.33. The van der Waals surface area contributed by atoms with Gasteiger partial charge in [0, 0.05) is 18.7 Å². The highest BCUT2D eigenvalue weighted by atomic mass is 32.2. The molecule has 1 atom stereocenters. The Morgan fingerprint density at radius 1 is 1.07 bits per heavy atom. The van der Waals surface area contributed by atoms with E-state index in [1.165, 1.54) is 5.57 Å². The highest BCUT2D eigenvalue weighted by Crippen LogP contribution is 2.37. The van der Waals surface area contributed by atoms with Gasteiger partial charge in [0.2, 0.25) is 0 Å². The van der Waals surface area contributed by atoms with Gasteiger partial charge in [-0.1, -0.05) is 50.1 Å². The molecule has 0 aromatic heterocycles. The van der Waals surface area contributed by atoms with Gasteiger partial charge in [0.25, 0.3) is 10.0 Å². The van der Waals surface area contributed by atoms with E-state index < -0.39 is 10.0 Å². The number of methoxy groups -OCH3 is 1. The minimum absolute atomic E-state index is 0.232. The lowest BCUT2D eigenvalue weighted by Gasteiger charge is -2.23. The van der Waals surface area contributed by atoms with Crippen molar-refractivity contribution in [1.29, 1.82) is 0 Å². The third-order valence-electron chi connectivity index (χ3n) is 5.65. The molecule has 4 nitrogen and oxygen atoms in total. The van der Waals surface area contributed by atoms with Crippen LogP contribution >= 0.6 is 0 Å². The lowest BCUT2D eigenvalue weighted by atomic mass is 9.95. The Balaban J connectivity index is 2.00. The van der Waals surface area contributed by atoms with Crippen LogP contribution in [-0.4, -0.2) is 26.4 Å².